The van der Waals surface area contributed by atoms with E-state index in [0.717, 1.165) is 42.7 Å². The van der Waals surface area contributed by atoms with Crippen molar-refractivity contribution in [3.05, 3.63) is 47.7 Å². The third-order valence-electron chi connectivity index (χ3n) is 4.31. The van der Waals surface area contributed by atoms with Gasteiger partial charge in [-0.15, -0.1) is 0 Å². The van der Waals surface area contributed by atoms with Crippen molar-refractivity contribution in [2.75, 3.05) is 13.2 Å². The first-order valence-corrected chi connectivity index (χ1v) is 7.59. The molecule has 0 bridgehead atoms. The maximum absolute atomic E-state index is 12.0. The predicted octanol–water partition coefficient (Wildman–Crippen LogP) is 1.83. The standard InChI is InChI=1S/C17H22N2O2/c1-11-5-6-14-15(8-11)16(10-19-17(14)20)12(2)18-9-13-4-3-7-21-13/h5-6,8,10,12-14,18H,1,3-4,7,9H2,2H3,(H,19,20)/t12?,13-,14-/m1/s1. The monoisotopic (exact) mass is 286 g/mol. The van der Waals surface area contributed by atoms with Gasteiger partial charge in [0.05, 0.1) is 12.0 Å². The quantitative estimate of drug-likeness (QED) is 0.829. The van der Waals surface area contributed by atoms with Crippen LogP contribution >= 0.6 is 0 Å². The first kappa shape index (κ1) is 14.3. The van der Waals surface area contributed by atoms with E-state index in [1.807, 2.05) is 24.4 Å². The van der Waals surface area contributed by atoms with Gasteiger partial charge in [-0.2, -0.15) is 0 Å². The van der Waals surface area contributed by atoms with E-state index >= 15 is 0 Å². The third kappa shape index (κ3) is 3.01. The van der Waals surface area contributed by atoms with Crippen molar-refractivity contribution in [2.24, 2.45) is 5.92 Å². The van der Waals surface area contributed by atoms with Crippen molar-refractivity contribution in [2.45, 2.75) is 31.9 Å². The Bertz CT molecular complexity index is 539. The van der Waals surface area contributed by atoms with Gasteiger partial charge >= 0.3 is 0 Å². The molecular formula is C17H22N2O2. The van der Waals surface area contributed by atoms with E-state index in [0.29, 0.717) is 6.10 Å². The van der Waals surface area contributed by atoms with Crippen LogP contribution in [0, 0.1) is 5.92 Å². The highest BCUT2D eigenvalue weighted by molar-refractivity contribution is 5.88. The Morgan fingerprint density at radius 2 is 2.43 bits per heavy atom. The molecule has 4 nitrogen and oxygen atoms in total. The molecule has 0 spiro atoms. The van der Waals surface area contributed by atoms with Crippen LogP contribution < -0.4 is 10.6 Å². The SMILES string of the molecule is C=C1C=C[C@H]2C(=O)NC=C(C(C)NC[C@H]3CCCO3)C2=C1. The van der Waals surface area contributed by atoms with Gasteiger partial charge in [0.1, 0.15) is 0 Å². The van der Waals surface area contributed by atoms with Crippen LogP contribution in [0.15, 0.2) is 47.7 Å². The Morgan fingerprint density at radius 1 is 1.57 bits per heavy atom. The van der Waals surface area contributed by atoms with E-state index in [1.54, 1.807) is 0 Å². The molecule has 0 aromatic heterocycles. The largest absolute Gasteiger partial charge is 0.377 e. The first-order valence-electron chi connectivity index (χ1n) is 7.59. The highest BCUT2D eigenvalue weighted by atomic mass is 16.5. The molecule has 2 N–H and O–H groups in total. The van der Waals surface area contributed by atoms with Crippen molar-refractivity contribution >= 4 is 5.91 Å². The number of hydrogen-bond acceptors (Lipinski definition) is 3. The third-order valence-corrected chi connectivity index (χ3v) is 4.31. The Balaban J connectivity index is 1.70. The van der Waals surface area contributed by atoms with Crippen LogP contribution in [0.2, 0.25) is 0 Å². The van der Waals surface area contributed by atoms with Crippen LogP contribution in [0.25, 0.3) is 0 Å². The first-order chi connectivity index (χ1) is 10.1. The van der Waals surface area contributed by atoms with Crippen LogP contribution in [0.4, 0.5) is 0 Å². The molecule has 3 rings (SSSR count). The average molecular weight is 286 g/mol. The Hall–Kier alpha value is -1.65. The van der Waals surface area contributed by atoms with Gasteiger partial charge in [0, 0.05) is 25.4 Å². The molecule has 21 heavy (non-hydrogen) atoms. The summed E-state index contributed by atoms with van der Waals surface area (Å²) in [5.41, 5.74) is 3.12. The second-order valence-electron chi connectivity index (χ2n) is 5.88. The van der Waals surface area contributed by atoms with Crippen LogP contribution in [-0.2, 0) is 9.53 Å². The van der Waals surface area contributed by atoms with E-state index in [4.69, 9.17) is 4.74 Å². The lowest BCUT2D eigenvalue weighted by Crippen LogP contribution is -2.41. The molecule has 1 amide bonds. The number of carbonyl (C=O) groups is 1. The number of hydrogen-bond donors (Lipinski definition) is 2. The van der Waals surface area contributed by atoms with E-state index in [-0.39, 0.29) is 17.9 Å². The zero-order valence-corrected chi connectivity index (χ0v) is 12.4. The minimum absolute atomic E-state index is 0.0278. The molecule has 1 saturated heterocycles. The average Bonchev–Trinajstić information content (AvgIpc) is 2.98. The smallest absolute Gasteiger partial charge is 0.235 e. The lowest BCUT2D eigenvalue weighted by molar-refractivity contribution is -0.122. The van der Waals surface area contributed by atoms with Gasteiger partial charge in [0.2, 0.25) is 5.91 Å². The molecule has 4 heteroatoms. The highest BCUT2D eigenvalue weighted by Gasteiger charge is 2.30. The van der Waals surface area contributed by atoms with Crippen molar-refractivity contribution in [3.63, 3.8) is 0 Å². The highest BCUT2D eigenvalue weighted by Crippen LogP contribution is 2.31. The number of ether oxygens (including phenoxy) is 1. The fourth-order valence-corrected chi connectivity index (χ4v) is 3.07. The second-order valence-corrected chi connectivity index (χ2v) is 5.88. The summed E-state index contributed by atoms with van der Waals surface area (Å²) in [6, 6.07) is 0.169. The summed E-state index contributed by atoms with van der Waals surface area (Å²) in [6.07, 6.45) is 10.3. The lowest BCUT2D eigenvalue weighted by Gasteiger charge is -2.30. The predicted molar refractivity (Wildman–Crippen MR) is 82.5 cm³/mol. The molecule has 3 atom stereocenters. The minimum atomic E-state index is -0.192. The number of allylic oxidation sites excluding steroid dienone is 3. The topological polar surface area (TPSA) is 50.4 Å². The van der Waals surface area contributed by atoms with Crippen LogP contribution in [-0.4, -0.2) is 31.2 Å². The number of fused-ring (bicyclic) bond motifs is 1. The van der Waals surface area contributed by atoms with Gasteiger partial charge in [-0.05, 0) is 36.5 Å². The summed E-state index contributed by atoms with van der Waals surface area (Å²) in [4.78, 5) is 12.0. The Morgan fingerprint density at radius 3 is 3.19 bits per heavy atom. The molecule has 2 aliphatic heterocycles. The van der Waals surface area contributed by atoms with E-state index in [2.05, 4.69) is 24.1 Å². The molecule has 1 fully saturated rings. The zero-order valence-electron chi connectivity index (χ0n) is 12.4. The van der Waals surface area contributed by atoms with E-state index in [9.17, 15) is 4.79 Å². The normalized spacial score (nSPS) is 29.6. The van der Waals surface area contributed by atoms with E-state index in [1.165, 1.54) is 0 Å². The molecule has 0 radical (unpaired) electrons. The second kappa shape index (κ2) is 6.00. The number of carbonyl (C=O) groups excluding carboxylic acids is 1. The van der Waals surface area contributed by atoms with Crippen LogP contribution in [0.5, 0.6) is 0 Å². The summed E-state index contributed by atoms with van der Waals surface area (Å²) >= 11 is 0. The minimum Gasteiger partial charge on any atom is -0.377 e. The molecule has 0 aromatic rings. The molecule has 112 valence electrons. The molecule has 0 aromatic carbocycles. The van der Waals surface area contributed by atoms with Crippen molar-refractivity contribution in [1.82, 2.24) is 10.6 Å². The Labute approximate surface area is 125 Å². The van der Waals surface area contributed by atoms with Gasteiger partial charge in [-0.25, -0.2) is 0 Å². The lowest BCUT2D eigenvalue weighted by atomic mass is 9.82. The summed E-state index contributed by atoms with van der Waals surface area (Å²) in [6.45, 7) is 7.81. The number of rotatable bonds is 4. The van der Waals surface area contributed by atoms with E-state index < -0.39 is 0 Å². The van der Waals surface area contributed by atoms with Crippen molar-refractivity contribution in [1.29, 1.82) is 0 Å². The summed E-state index contributed by atoms with van der Waals surface area (Å²) in [7, 11) is 0. The molecule has 0 saturated carbocycles. The number of amides is 1. The van der Waals surface area contributed by atoms with Gasteiger partial charge in [-0.3, -0.25) is 4.79 Å². The fraction of sp³-hybridized carbons (Fsp3) is 0.471. The van der Waals surface area contributed by atoms with Crippen molar-refractivity contribution in [3.8, 4) is 0 Å². The fourth-order valence-electron chi connectivity index (χ4n) is 3.07. The van der Waals surface area contributed by atoms with Crippen molar-refractivity contribution < 1.29 is 9.53 Å². The maximum atomic E-state index is 12.0. The summed E-state index contributed by atoms with van der Waals surface area (Å²) < 4.78 is 5.64. The van der Waals surface area contributed by atoms with Gasteiger partial charge in [-0.1, -0.05) is 24.8 Å². The summed E-state index contributed by atoms with van der Waals surface area (Å²) in [5.74, 6) is -0.164. The molecule has 3 aliphatic rings. The molecule has 1 unspecified atom stereocenters. The maximum Gasteiger partial charge on any atom is 0.235 e. The molecule has 1 aliphatic carbocycles. The molecular weight excluding hydrogens is 264 g/mol. The Kier molecular flexibility index (Phi) is 4.08. The van der Waals surface area contributed by atoms with Gasteiger partial charge in [0.15, 0.2) is 0 Å². The van der Waals surface area contributed by atoms with Gasteiger partial charge in [0.25, 0.3) is 0 Å². The summed E-state index contributed by atoms with van der Waals surface area (Å²) in [5, 5.41) is 6.38. The molecule has 2 heterocycles. The van der Waals surface area contributed by atoms with Gasteiger partial charge < -0.3 is 15.4 Å². The zero-order chi connectivity index (χ0) is 14.8. The number of nitrogens with one attached hydrogen (secondary N) is 2. The van der Waals surface area contributed by atoms with Crippen LogP contribution in [0.3, 0.4) is 0 Å². The van der Waals surface area contributed by atoms with Crippen LogP contribution in [0.1, 0.15) is 19.8 Å².